The van der Waals surface area contributed by atoms with Crippen LogP contribution >= 0.6 is 0 Å². The first kappa shape index (κ1) is 17.0. The molecule has 3 rings (SSSR count). The lowest BCUT2D eigenvalue weighted by Gasteiger charge is -2.29. The van der Waals surface area contributed by atoms with Gasteiger partial charge in [-0.25, -0.2) is 4.79 Å². The highest BCUT2D eigenvalue weighted by molar-refractivity contribution is 5.90. The second-order valence-corrected chi connectivity index (χ2v) is 6.43. The third-order valence-corrected chi connectivity index (χ3v) is 4.56. The van der Waals surface area contributed by atoms with Crippen LogP contribution in [-0.4, -0.2) is 21.9 Å². The number of non-ortho nitro benzene ring substituents is 1. The van der Waals surface area contributed by atoms with Crippen molar-refractivity contribution in [2.24, 2.45) is 5.92 Å². The lowest BCUT2D eigenvalue weighted by molar-refractivity contribution is -0.384. The van der Waals surface area contributed by atoms with Gasteiger partial charge in [0.2, 0.25) is 0 Å². The van der Waals surface area contributed by atoms with E-state index in [1.807, 2.05) is 35.2 Å². The molecular formula is C19H21N3O3. The third-order valence-electron chi connectivity index (χ3n) is 4.56. The standard InChI is InChI=1S/C19H21N3O3/c1-14(16-10-11-16)21(13-15-6-3-2-4-7-15)19(23)20-17-8-5-9-18(12-17)22(24)25/h2-9,12,14,16H,10-11,13H2,1H3,(H,20,23)/t14-/m1/s1. The zero-order chi connectivity index (χ0) is 17.8. The fourth-order valence-electron chi connectivity index (χ4n) is 2.91. The van der Waals surface area contributed by atoms with Crippen molar-refractivity contribution in [1.82, 2.24) is 4.90 Å². The number of anilines is 1. The highest BCUT2D eigenvalue weighted by Crippen LogP contribution is 2.36. The Balaban J connectivity index is 1.76. The molecule has 25 heavy (non-hydrogen) atoms. The minimum absolute atomic E-state index is 0.0392. The molecule has 0 saturated heterocycles. The monoisotopic (exact) mass is 339 g/mol. The average molecular weight is 339 g/mol. The Hall–Kier alpha value is -2.89. The van der Waals surface area contributed by atoms with Crippen molar-refractivity contribution in [3.05, 3.63) is 70.3 Å². The summed E-state index contributed by atoms with van der Waals surface area (Å²) in [5.41, 5.74) is 1.45. The number of carbonyl (C=O) groups is 1. The Labute approximate surface area is 146 Å². The van der Waals surface area contributed by atoms with Crippen LogP contribution in [0.4, 0.5) is 16.2 Å². The molecule has 0 bridgehead atoms. The fourth-order valence-corrected chi connectivity index (χ4v) is 2.91. The van der Waals surface area contributed by atoms with Gasteiger partial charge in [-0.3, -0.25) is 10.1 Å². The van der Waals surface area contributed by atoms with E-state index in [1.165, 1.54) is 12.1 Å². The zero-order valence-corrected chi connectivity index (χ0v) is 14.1. The number of hydrogen-bond acceptors (Lipinski definition) is 3. The smallest absolute Gasteiger partial charge is 0.317 e. The first-order valence-corrected chi connectivity index (χ1v) is 8.40. The molecule has 6 nitrogen and oxygen atoms in total. The number of hydrogen-bond donors (Lipinski definition) is 1. The van der Waals surface area contributed by atoms with Crippen LogP contribution in [0, 0.1) is 16.0 Å². The Bertz CT molecular complexity index is 760. The third kappa shape index (κ3) is 4.35. The predicted octanol–water partition coefficient (Wildman–Crippen LogP) is 4.43. The number of carbonyl (C=O) groups excluding carboxylic acids is 1. The molecule has 0 aliphatic heterocycles. The quantitative estimate of drug-likeness (QED) is 0.625. The number of nitro benzene ring substituents is 1. The molecule has 0 spiro atoms. The van der Waals surface area contributed by atoms with Gasteiger partial charge in [0.15, 0.2) is 0 Å². The summed E-state index contributed by atoms with van der Waals surface area (Å²) in [4.78, 5) is 25.1. The van der Waals surface area contributed by atoms with Crippen LogP contribution in [0.2, 0.25) is 0 Å². The molecule has 2 aromatic rings. The van der Waals surface area contributed by atoms with Crippen molar-refractivity contribution in [2.75, 3.05) is 5.32 Å². The van der Waals surface area contributed by atoms with Crippen LogP contribution in [0.3, 0.4) is 0 Å². The van der Waals surface area contributed by atoms with Gasteiger partial charge in [0.05, 0.1) is 4.92 Å². The van der Waals surface area contributed by atoms with Gasteiger partial charge in [-0.05, 0) is 37.3 Å². The molecule has 130 valence electrons. The molecule has 0 radical (unpaired) electrons. The van der Waals surface area contributed by atoms with Crippen molar-refractivity contribution in [1.29, 1.82) is 0 Å². The van der Waals surface area contributed by atoms with Gasteiger partial charge in [0.1, 0.15) is 0 Å². The van der Waals surface area contributed by atoms with E-state index in [4.69, 9.17) is 0 Å². The predicted molar refractivity (Wildman–Crippen MR) is 96.3 cm³/mol. The lowest BCUT2D eigenvalue weighted by Crippen LogP contribution is -2.42. The molecule has 1 aliphatic carbocycles. The molecular weight excluding hydrogens is 318 g/mol. The summed E-state index contributed by atoms with van der Waals surface area (Å²) in [5, 5.41) is 13.7. The Morgan fingerprint density at radius 3 is 2.60 bits per heavy atom. The summed E-state index contributed by atoms with van der Waals surface area (Å²) in [6.07, 6.45) is 2.27. The van der Waals surface area contributed by atoms with E-state index < -0.39 is 4.92 Å². The van der Waals surface area contributed by atoms with Crippen LogP contribution in [-0.2, 0) is 6.54 Å². The maximum atomic E-state index is 12.8. The first-order chi connectivity index (χ1) is 12.0. The summed E-state index contributed by atoms with van der Waals surface area (Å²) in [6, 6.07) is 15.7. The summed E-state index contributed by atoms with van der Waals surface area (Å²) in [6.45, 7) is 2.58. The van der Waals surface area contributed by atoms with Gasteiger partial charge in [-0.2, -0.15) is 0 Å². The summed E-state index contributed by atoms with van der Waals surface area (Å²) < 4.78 is 0. The molecule has 0 unspecified atom stereocenters. The molecule has 2 aromatic carbocycles. The lowest BCUT2D eigenvalue weighted by atomic mass is 10.1. The molecule has 0 aromatic heterocycles. The summed E-state index contributed by atoms with van der Waals surface area (Å²) in [5.74, 6) is 0.527. The van der Waals surface area contributed by atoms with Crippen molar-refractivity contribution < 1.29 is 9.72 Å². The molecule has 1 saturated carbocycles. The van der Waals surface area contributed by atoms with Crippen LogP contribution in [0.1, 0.15) is 25.3 Å². The van der Waals surface area contributed by atoms with E-state index in [1.54, 1.807) is 12.1 Å². The topological polar surface area (TPSA) is 75.5 Å². The number of amides is 2. The molecule has 1 N–H and O–H groups in total. The normalized spacial score (nSPS) is 14.6. The van der Waals surface area contributed by atoms with Gasteiger partial charge in [-0.15, -0.1) is 0 Å². The fraction of sp³-hybridized carbons (Fsp3) is 0.316. The van der Waals surface area contributed by atoms with Crippen molar-refractivity contribution >= 4 is 17.4 Å². The van der Waals surface area contributed by atoms with Crippen molar-refractivity contribution in [3.63, 3.8) is 0 Å². The molecule has 0 heterocycles. The molecule has 2 amide bonds. The van der Waals surface area contributed by atoms with Crippen LogP contribution in [0.25, 0.3) is 0 Å². The first-order valence-electron chi connectivity index (χ1n) is 8.40. The molecule has 6 heteroatoms. The second-order valence-electron chi connectivity index (χ2n) is 6.43. The zero-order valence-electron chi connectivity index (χ0n) is 14.1. The van der Waals surface area contributed by atoms with E-state index in [0.29, 0.717) is 18.2 Å². The van der Waals surface area contributed by atoms with E-state index in [0.717, 1.165) is 18.4 Å². The Morgan fingerprint density at radius 2 is 1.96 bits per heavy atom. The number of benzene rings is 2. The average Bonchev–Trinajstić information content (AvgIpc) is 3.45. The summed E-state index contributed by atoms with van der Waals surface area (Å²) in [7, 11) is 0. The van der Waals surface area contributed by atoms with Crippen molar-refractivity contribution in [3.8, 4) is 0 Å². The van der Waals surface area contributed by atoms with E-state index in [9.17, 15) is 14.9 Å². The van der Waals surface area contributed by atoms with Gasteiger partial charge in [0, 0.05) is 30.4 Å². The minimum Gasteiger partial charge on any atom is -0.317 e. The molecule has 1 fully saturated rings. The minimum atomic E-state index is -0.468. The molecule has 1 atom stereocenters. The largest absolute Gasteiger partial charge is 0.322 e. The highest BCUT2D eigenvalue weighted by Gasteiger charge is 2.34. The maximum Gasteiger partial charge on any atom is 0.322 e. The van der Waals surface area contributed by atoms with Gasteiger partial charge >= 0.3 is 6.03 Å². The van der Waals surface area contributed by atoms with Gasteiger partial charge in [-0.1, -0.05) is 36.4 Å². The van der Waals surface area contributed by atoms with E-state index in [-0.39, 0.29) is 17.8 Å². The Kier molecular flexibility index (Phi) is 4.97. The van der Waals surface area contributed by atoms with Crippen molar-refractivity contribution in [2.45, 2.75) is 32.4 Å². The maximum absolute atomic E-state index is 12.8. The highest BCUT2D eigenvalue weighted by atomic mass is 16.6. The van der Waals surface area contributed by atoms with Gasteiger partial charge in [0.25, 0.3) is 5.69 Å². The SMILES string of the molecule is C[C@H](C1CC1)N(Cc1ccccc1)C(=O)Nc1cccc([N+](=O)[O-])c1. The molecule has 1 aliphatic rings. The van der Waals surface area contributed by atoms with E-state index >= 15 is 0 Å². The number of rotatable bonds is 6. The number of nitrogens with zero attached hydrogens (tertiary/aromatic N) is 2. The van der Waals surface area contributed by atoms with Gasteiger partial charge < -0.3 is 10.2 Å². The van der Waals surface area contributed by atoms with E-state index in [2.05, 4.69) is 12.2 Å². The van der Waals surface area contributed by atoms with Crippen LogP contribution in [0.15, 0.2) is 54.6 Å². The number of nitrogens with one attached hydrogen (secondary N) is 1. The van der Waals surface area contributed by atoms with Crippen LogP contribution < -0.4 is 5.32 Å². The van der Waals surface area contributed by atoms with Crippen LogP contribution in [0.5, 0.6) is 0 Å². The number of nitro groups is 1. The Morgan fingerprint density at radius 1 is 1.24 bits per heavy atom. The number of urea groups is 1. The second kappa shape index (κ2) is 7.34. The summed E-state index contributed by atoms with van der Waals surface area (Å²) >= 11 is 0.